The van der Waals surface area contributed by atoms with Crippen molar-refractivity contribution in [3.05, 3.63) is 35.9 Å². The topological polar surface area (TPSA) is 130 Å². The highest BCUT2D eigenvalue weighted by Gasteiger charge is 2.76. The molecular formula is C38H52O8. The van der Waals surface area contributed by atoms with Gasteiger partial charge in [0.15, 0.2) is 11.5 Å². The van der Waals surface area contributed by atoms with E-state index in [4.69, 9.17) is 9.47 Å². The van der Waals surface area contributed by atoms with Gasteiger partial charge in [-0.2, -0.15) is 0 Å². The van der Waals surface area contributed by atoms with Gasteiger partial charge in [-0.15, -0.1) is 0 Å². The number of benzene rings is 1. The Bertz CT molecular complexity index is 1480. The number of carbonyl (C=O) groups excluding carboxylic acids is 1. The van der Waals surface area contributed by atoms with Crippen LogP contribution < -0.4 is 4.74 Å². The van der Waals surface area contributed by atoms with Crippen LogP contribution in [-0.2, 0) is 14.3 Å². The molecule has 11 atom stereocenters. The van der Waals surface area contributed by atoms with Crippen LogP contribution in [0.5, 0.6) is 11.5 Å². The van der Waals surface area contributed by atoms with Crippen molar-refractivity contribution in [1.82, 2.24) is 0 Å². The molecule has 252 valence electrons. The molecule has 1 aromatic rings. The first-order chi connectivity index (χ1) is 21.4. The normalized spacial score (nSPS) is 43.8. The molecule has 0 amide bonds. The summed E-state index contributed by atoms with van der Waals surface area (Å²) in [7, 11) is 1.40. The lowest BCUT2D eigenvalue weighted by Gasteiger charge is -2.70. The summed E-state index contributed by atoms with van der Waals surface area (Å²) in [6.45, 7) is 17.4. The van der Waals surface area contributed by atoms with E-state index in [-0.39, 0.29) is 57.5 Å². The lowest BCUT2D eigenvalue weighted by molar-refractivity contribution is -0.228. The van der Waals surface area contributed by atoms with Crippen LogP contribution in [0, 0.1) is 62.6 Å². The molecule has 0 aromatic heterocycles. The fourth-order valence-electron chi connectivity index (χ4n) is 13.0. The summed E-state index contributed by atoms with van der Waals surface area (Å²) in [6, 6.07) is 4.26. The molecule has 5 fully saturated rings. The second-order valence-corrected chi connectivity index (χ2v) is 16.9. The van der Waals surface area contributed by atoms with Crippen LogP contribution in [0.3, 0.4) is 0 Å². The summed E-state index contributed by atoms with van der Waals surface area (Å²) in [6.07, 6.45) is 5.63. The van der Waals surface area contributed by atoms with E-state index >= 15 is 0 Å². The van der Waals surface area contributed by atoms with E-state index in [1.54, 1.807) is 0 Å². The minimum Gasteiger partial charge on any atom is -0.504 e. The van der Waals surface area contributed by atoms with Crippen LogP contribution >= 0.6 is 0 Å². The Balaban J connectivity index is 1.39. The molecule has 5 aliphatic rings. The Hall–Kier alpha value is -3.03. The van der Waals surface area contributed by atoms with Crippen molar-refractivity contribution >= 4 is 17.9 Å². The van der Waals surface area contributed by atoms with Gasteiger partial charge in [0.2, 0.25) is 0 Å². The number of esters is 1. The molecule has 0 bridgehead atoms. The highest BCUT2D eigenvalue weighted by Crippen LogP contribution is 2.79. The standard InChI is InChI=1S/C38H52O8/c1-20(2)22-13-16-38(33(43)44)18-17-35(5)23(28(22)38)10-12-27-36(35,6)15-14-26-34(3,4)30(29(31(40)41)37(26,27)7)46-32(42)21-9-11-24(39)25(19-21)45-8/h9,11,19,22-23,26-30,39H,1,10,12-18H2,2-8H3,(H,40,41)(H,43,44)/t22-,23?,26-,27?,28?,29+,30-,35+,36+,37-,38-/m0/s1. The van der Waals surface area contributed by atoms with Gasteiger partial charge in [-0.25, -0.2) is 4.79 Å². The van der Waals surface area contributed by atoms with Gasteiger partial charge in [0, 0.05) is 5.41 Å². The van der Waals surface area contributed by atoms with Crippen molar-refractivity contribution in [2.75, 3.05) is 7.11 Å². The summed E-state index contributed by atoms with van der Waals surface area (Å²) in [4.78, 5) is 40.0. The number of fused-ring (bicyclic) bond motifs is 7. The zero-order valence-electron chi connectivity index (χ0n) is 28.5. The number of allylic oxidation sites excluding steroid dienone is 1. The van der Waals surface area contributed by atoms with Crippen LogP contribution in [0.4, 0.5) is 0 Å². The van der Waals surface area contributed by atoms with Gasteiger partial charge in [0.1, 0.15) is 12.0 Å². The molecule has 5 aliphatic carbocycles. The average Bonchev–Trinajstić information content (AvgIpc) is 3.46. The van der Waals surface area contributed by atoms with E-state index in [1.165, 1.54) is 25.3 Å². The summed E-state index contributed by atoms with van der Waals surface area (Å²) in [5.41, 5.74) is -1.04. The first kappa shape index (κ1) is 32.9. The quantitative estimate of drug-likeness (QED) is 0.215. The Morgan fingerprint density at radius 2 is 1.59 bits per heavy atom. The van der Waals surface area contributed by atoms with Crippen LogP contribution in [0.15, 0.2) is 30.4 Å². The zero-order valence-corrected chi connectivity index (χ0v) is 28.5. The summed E-state index contributed by atoms with van der Waals surface area (Å²) < 4.78 is 11.4. The smallest absolute Gasteiger partial charge is 0.338 e. The fourth-order valence-corrected chi connectivity index (χ4v) is 13.0. The van der Waals surface area contributed by atoms with Crippen molar-refractivity contribution in [2.45, 2.75) is 99.0 Å². The molecule has 0 aliphatic heterocycles. The number of methoxy groups -OCH3 is 1. The first-order valence-electron chi connectivity index (χ1n) is 17.1. The lowest BCUT2D eigenvalue weighted by atomic mass is 9.34. The third-order valence-corrected chi connectivity index (χ3v) is 15.2. The Kier molecular flexibility index (Phi) is 7.50. The molecule has 3 unspecified atom stereocenters. The van der Waals surface area contributed by atoms with Gasteiger partial charge in [-0.05, 0) is 122 Å². The van der Waals surface area contributed by atoms with Crippen molar-refractivity contribution in [1.29, 1.82) is 0 Å². The Morgan fingerprint density at radius 3 is 2.20 bits per heavy atom. The van der Waals surface area contributed by atoms with Crippen LogP contribution in [0.2, 0.25) is 0 Å². The van der Waals surface area contributed by atoms with Crippen LogP contribution in [0.1, 0.15) is 103 Å². The molecule has 8 nitrogen and oxygen atoms in total. The molecule has 0 radical (unpaired) electrons. The number of phenols is 1. The predicted octanol–water partition coefficient (Wildman–Crippen LogP) is 7.59. The second-order valence-electron chi connectivity index (χ2n) is 16.9. The van der Waals surface area contributed by atoms with E-state index in [0.717, 1.165) is 44.1 Å². The predicted molar refractivity (Wildman–Crippen MR) is 172 cm³/mol. The lowest BCUT2D eigenvalue weighted by Crippen LogP contribution is -2.65. The maximum Gasteiger partial charge on any atom is 0.338 e. The SMILES string of the molecule is C=C(C)[C@@H]1CC[C@]2(C(=O)O)CC[C@]3(C)C(CCC4[C@@]5(C)[C@@H](C(=O)O)[C@H](OC(=O)c6ccc(O)c(OC)c6)C(C)(C)[C@@H]5CC[C@]43C)C12. The van der Waals surface area contributed by atoms with Crippen molar-refractivity contribution in [2.24, 2.45) is 62.6 Å². The largest absolute Gasteiger partial charge is 0.504 e. The van der Waals surface area contributed by atoms with Crippen molar-refractivity contribution in [3.63, 3.8) is 0 Å². The molecular weight excluding hydrogens is 584 g/mol. The number of ether oxygens (including phenoxy) is 2. The number of phenolic OH excluding ortho intramolecular Hbond substituents is 1. The van der Waals surface area contributed by atoms with E-state index in [1.807, 2.05) is 0 Å². The van der Waals surface area contributed by atoms with Crippen molar-refractivity contribution in [3.8, 4) is 11.5 Å². The minimum atomic E-state index is -0.942. The molecule has 0 heterocycles. The van der Waals surface area contributed by atoms with E-state index in [9.17, 15) is 29.7 Å². The number of hydrogen-bond acceptors (Lipinski definition) is 6. The molecule has 46 heavy (non-hydrogen) atoms. The van der Waals surface area contributed by atoms with Gasteiger partial charge < -0.3 is 24.8 Å². The highest BCUT2D eigenvalue weighted by molar-refractivity contribution is 5.90. The number of hydrogen-bond donors (Lipinski definition) is 3. The van der Waals surface area contributed by atoms with Gasteiger partial charge in [-0.3, -0.25) is 9.59 Å². The van der Waals surface area contributed by atoms with E-state index < -0.39 is 46.2 Å². The molecule has 3 N–H and O–H groups in total. The first-order valence-corrected chi connectivity index (χ1v) is 17.1. The third kappa shape index (κ3) is 4.06. The van der Waals surface area contributed by atoms with Gasteiger partial charge in [0.05, 0.1) is 18.1 Å². The average molecular weight is 637 g/mol. The fraction of sp³-hybridized carbons (Fsp3) is 0.711. The molecule has 0 saturated heterocycles. The molecule has 1 aromatic carbocycles. The summed E-state index contributed by atoms with van der Waals surface area (Å²) >= 11 is 0. The monoisotopic (exact) mass is 636 g/mol. The third-order valence-electron chi connectivity index (χ3n) is 15.2. The van der Waals surface area contributed by atoms with Gasteiger partial charge >= 0.3 is 17.9 Å². The summed E-state index contributed by atoms with van der Waals surface area (Å²) in [5, 5.41) is 31.7. The maximum atomic E-state index is 13.6. The zero-order chi connectivity index (χ0) is 33.8. The number of carboxylic acid groups (broad SMARTS) is 2. The molecule has 5 saturated carbocycles. The van der Waals surface area contributed by atoms with E-state index in [0.29, 0.717) is 12.8 Å². The maximum absolute atomic E-state index is 13.6. The Morgan fingerprint density at radius 1 is 0.891 bits per heavy atom. The summed E-state index contributed by atoms with van der Waals surface area (Å²) in [5.74, 6) is -2.56. The molecule has 0 spiro atoms. The minimum absolute atomic E-state index is 0.0165. The number of carbonyl (C=O) groups is 3. The van der Waals surface area contributed by atoms with Crippen LogP contribution in [-0.4, -0.2) is 46.4 Å². The number of aromatic hydroxyl groups is 1. The highest BCUT2D eigenvalue weighted by atomic mass is 16.5. The van der Waals surface area contributed by atoms with E-state index in [2.05, 4.69) is 48.1 Å². The van der Waals surface area contributed by atoms with Crippen molar-refractivity contribution < 1.29 is 39.2 Å². The number of aliphatic carboxylic acids is 2. The van der Waals surface area contributed by atoms with Gasteiger partial charge in [-0.1, -0.05) is 46.8 Å². The number of rotatable bonds is 6. The number of carboxylic acids is 2. The molecule has 6 rings (SSSR count). The Labute approximate surface area is 272 Å². The molecule has 8 heteroatoms. The van der Waals surface area contributed by atoms with Crippen LogP contribution in [0.25, 0.3) is 0 Å². The second kappa shape index (κ2) is 10.5. The van der Waals surface area contributed by atoms with Gasteiger partial charge in [0.25, 0.3) is 0 Å².